The summed E-state index contributed by atoms with van der Waals surface area (Å²) in [5.74, 6) is -3.62. The molecule has 0 fully saturated rings. The molecule has 2 rings (SSSR count). The van der Waals surface area contributed by atoms with Gasteiger partial charge in [0.05, 0.1) is 22.3 Å². The molecule has 0 bridgehead atoms. The second kappa shape index (κ2) is 12.3. The average Bonchev–Trinajstić information content (AvgIpc) is 2.76. The molecule has 8 nitrogen and oxygen atoms in total. The molecule has 0 radical (unpaired) electrons. The van der Waals surface area contributed by atoms with Crippen LogP contribution < -0.4 is 0 Å². The van der Waals surface area contributed by atoms with Crippen molar-refractivity contribution in [2.45, 2.75) is 0 Å². The molecule has 0 heterocycles. The van der Waals surface area contributed by atoms with Crippen molar-refractivity contribution in [2.24, 2.45) is 0 Å². The first-order valence-electron chi connectivity index (χ1n) is 8.54. The van der Waals surface area contributed by atoms with Crippen LogP contribution in [0.2, 0.25) is 0 Å². The van der Waals surface area contributed by atoms with Gasteiger partial charge in [-0.05, 0) is 24.3 Å². The number of benzene rings is 2. The van der Waals surface area contributed by atoms with E-state index >= 15 is 0 Å². The van der Waals surface area contributed by atoms with E-state index in [9.17, 15) is 19.2 Å². The summed E-state index contributed by atoms with van der Waals surface area (Å²) in [4.78, 5) is 44.3. The van der Waals surface area contributed by atoms with Crippen LogP contribution in [-0.4, -0.2) is 47.3 Å². The smallest absolute Gasteiger partial charge is 0.339 e. The Labute approximate surface area is 172 Å². The summed E-state index contributed by atoms with van der Waals surface area (Å²) in [7, 11) is 0. The second-order valence-corrected chi connectivity index (χ2v) is 5.48. The number of hydrogen-bond donors (Lipinski definition) is 2. The first kappa shape index (κ1) is 23.8. The summed E-state index contributed by atoms with van der Waals surface area (Å²) in [6.45, 7) is 7.07. The van der Waals surface area contributed by atoms with Crippen molar-refractivity contribution in [3.8, 4) is 0 Å². The maximum atomic E-state index is 11.7. The lowest BCUT2D eigenvalue weighted by Gasteiger charge is -2.07. The minimum Gasteiger partial charge on any atom is -0.478 e. The number of carboxylic acids is 2. The molecular weight excluding hydrogens is 392 g/mol. The van der Waals surface area contributed by atoms with Gasteiger partial charge in [-0.25, -0.2) is 19.2 Å². The minimum atomic E-state index is -1.23. The van der Waals surface area contributed by atoms with Crippen LogP contribution in [-0.2, 0) is 9.47 Å². The van der Waals surface area contributed by atoms with Crippen LogP contribution >= 0.6 is 0 Å². The zero-order valence-electron chi connectivity index (χ0n) is 15.9. The summed E-state index contributed by atoms with van der Waals surface area (Å²) < 4.78 is 9.78. The second-order valence-electron chi connectivity index (χ2n) is 5.48. The van der Waals surface area contributed by atoms with Crippen molar-refractivity contribution in [2.75, 3.05) is 13.2 Å². The van der Waals surface area contributed by atoms with Crippen molar-refractivity contribution >= 4 is 23.9 Å². The summed E-state index contributed by atoms with van der Waals surface area (Å²) in [6, 6.07) is 11.8. The number of aromatic carboxylic acids is 2. The fraction of sp³-hybridized carbons (Fsp3) is 0.0909. The van der Waals surface area contributed by atoms with Gasteiger partial charge in [-0.1, -0.05) is 49.6 Å². The third-order valence-corrected chi connectivity index (χ3v) is 3.42. The Morgan fingerprint density at radius 3 is 1.23 bits per heavy atom. The van der Waals surface area contributed by atoms with Gasteiger partial charge in [-0.3, -0.25) is 0 Å². The van der Waals surface area contributed by atoms with Crippen LogP contribution in [0.1, 0.15) is 41.4 Å². The van der Waals surface area contributed by atoms with E-state index in [1.54, 1.807) is 12.1 Å². The van der Waals surface area contributed by atoms with Crippen LogP contribution in [0.5, 0.6) is 0 Å². The molecule has 0 aliphatic rings. The standard InChI is InChI=1S/C14H14O4.C8H6O4/c1-3-9-17-13(15)11-7-5-6-8-12(11)14(16)18-10-4-2;9-7(10)5-3-1-2-4-6(5)8(11)12/h3-8H,1-2,9-10H2;1-4H,(H,9,10)(H,11,12). The lowest BCUT2D eigenvalue weighted by Crippen LogP contribution is -2.14. The Morgan fingerprint density at radius 1 is 0.667 bits per heavy atom. The predicted molar refractivity (Wildman–Crippen MR) is 108 cm³/mol. The van der Waals surface area contributed by atoms with E-state index in [0.717, 1.165) is 0 Å². The molecule has 2 aromatic carbocycles. The maximum Gasteiger partial charge on any atom is 0.339 e. The quantitative estimate of drug-likeness (QED) is 0.498. The van der Waals surface area contributed by atoms with E-state index in [2.05, 4.69) is 13.2 Å². The van der Waals surface area contributed by atoms with Gasteiger partial charge in [0.2, 0.25) is 0 Å². The zero-order valence-corrected chi connectivity index (χ0v) is 15.9. The number of carbonyl (C=O) groups excluding carboxylic acids is 2. The first-order valence-corrected chi connectivity index (χ1v) is 8.54. The van der Waals surface area contributed by atoms with Gasteiger partial charge in [-0.2, -0.15) is 0 Å². The molecule has 0 saturated carbocycles. The highest BCUT2D eigenvalue weighted by molar-refractivity contribution is 6.03. The molecule has 0 aliphatic carbocycles. The monoisotopic (exact) mass is 412 g/mol. The number of rotatable bonds is 8. The number of ether oxygens (including phenoxy) is 2. The Morgan fingerprint density at radius 2 is 0.967 bits per heavy atom. The molecular formula is C22H20O8. The van der Waals surface area contributed by atoms with Crippen molar-refractivity contribution in [1.29, 1.82) is 0 Å². The first-order chi connectivity index (χ1) is 14.3. The molecule has 2 aromatic rings. The van der Waals surface area contributed by atoms with Gasteiger partial charge < -0.3 is 19.7 Å². The molecule has 0 saturated heterocycles. The SMILES string of the molecule is C=CCOC(=O)c1ccccc1C(=O)OCC=C.O=C(O)c1ccccc1C(=O)O. The van der Waals surface area contributed by atoms with Gasteiger partial charge >= 0.3 is 23.9 Å². The topological polar surface area (TPSA) is 127 Å². The van der Waals surface area contributed by atoms with E-state index < -0.39 is 23.9 Å². The summed E-state index contributed by atoms with van der Waals surface area (Å²) >= 11 is 0. The average molecular weight is 412 g/mol. The molecule has 0 aliphatic heterocycles. The van der Waals surface area contributed by atoms with Gasteiger partial charge in [-0.15, -0.1) is 0 Å². The maximum absolute atomic E-state index is 11.7. The fourth-order valence-corrected chi connectivity index (χ4v) is 2.12. The van der Waals surface area contributed by atoms with E-state index in [-0.39, 0.29) is 35.5 Å². The number of carboxylic acid groups (broad SMARTS) is 2. The normalized spacial score (nSPS) is 9.33. The predicted octanol–water partition coefficient (Wildman–Crippen LogP) is 3.46. The summed E-state index contributed by atoms with van der Waals surface area (Å²) in [6.07, 6.45) is 2.91. The molecule has 8 heteroatoms. The van der Waals surface area contributed by atoms with Crippen LogP contribution in [0.3, 0.4) is 0 Å². The summed E-state index contributed by atoms with van der Waals surface area (Å²) in [5.41, 5.74) is -0.0307. The minimum absolute atomic E-state index is 0.0921. The Kier molecular flexibility index (Phi) is 9.77. The van der Waals surface area contributed by atoms with Gasteiger partial charge in [0.1, 0.15) is 13.2 Å². The molecule has 0 unspecified atom stereocenters. The van der Waals surface area contributed by atoms with Crippen molar-refractivity contribution in [3.05, 3.63) is 96.1 Å². The third kappa shape index (κ3) is 7.08. The Hall–Kier alpha value is -4.20. The molecule has 156 valence electrons. The van der Waals surface area contributed by atoms with E-state index in [4.69, 9.17) is 19.7 Å². The highest BCUT2D eigenvalue weighted by atomic mass is 16.5. The Bertz CT molecular complexity index is 870. The Balaban J connectivity index is 0.000000325. The van der Waals surface area contributed by atoms with Crippen LogP contribution in [0, 0.1) is 0 Å². The van der Waals surface area contributed by atoms with Gasteiger partial charge in [0.15, 0.2) is 0 Å². The molecule has 0 amide bonds. The lowest BCUT2D eigenvalue weighted by atomic mass is 10.1. The highest BCUT2D eigenvalue weighted by Gasteiger charge is 2.18. The lowest BCUT2D eigenvalue weighted by molar-refractivity contribution is 0.0503. The zero-order chi connectivity index (χ0) is 22.5. The molecule has 0 atom stereocenters. The summed E-state index contributed by atoms with van der Waals surface area (Å²) in [5, 5.41) is 17.1. The third-order valence-electron chi connectivity index (χ3n) is 3.42. The van der Waals surface area contributed by atoms with Crippen molar-refractivity contribution in [3.63, 3.8) is 0 Å². The fourth-order valence-electron chi connectivity index (χ4n) is 2.12. The molecule has 0 aromatic heterocycles. The number of carbonyl (C=O) groups is 4. The van der Waals surface area contributed by atoms with Crippen LogP contribution in [0.4, 0.5) is 0 Å². The van der Waals surface area contributed by atoms with E-state index in [1.165, 1.54) is 48.6 Å². The van der Waals surface area contributed by atoms with Crippen molar-refractivity contribution in [1.82, 2.24) is 0 Å². The molecule has 30 heavy (non-hydrogen) atoms. The molecule has 2 N–H and O–H groups in total. The number of esters is 2. The van der Waals surface area contributed by atoms with Crippen LogP contribution in [0.15, 0.2) is 73.8 Å². The number of hydrogen-bond acceptors (Lipinski definition) is 6. The van der Waals surface area contributed by atoms with Crippen LogP contribution in [0.25, 0.3) is 0 Å². The largest absolute Gasteiger partial charge is 0.478 e. The van der Waals surface area contributed by atoms with Gasteiger partial charge in [0.25, 0.3) is 0 Å². The highest BCUT2D eigenvalue weighted by Crippen LogP contribution is 2.12. The van der Waals surface area contributed by atoms with Crippen molar-refractivity contribution < 1.29 is 38.9 Å². The molecule has 0 spiro atoms. The van der Waals surface area contributed by atoms with E-state index in [1.807, 2.05) is 0 Å². The van der Waals surface area contributed by atoms with E-state index in [0.29, 0.717) is 0 Å². The van der Waals surface area contributed by atoms with Gasteiger partial charge in [0, 0.05) is 0 Å².